The molecule has 1 amide bonds. The molecule has 0 saturated carbocycles. The Morgan fingerprint density at radius 1 is 1.38 bits per heavy atom. The van der Waals surface area contributed by atoms with Crippen LogP contribution in [-0.4, -0.2) is 30.1 Å². The van der Waals surface area contributed by atoms with Gasteiger partial charge in [0.25, 0.3) is 0 Å². The van der Waals surface area contributed by atoms with Gasteiger partial charge in [-0.25, -0.2) is 0 Å². The van der Waals surface area contributed by atoms with E-state index < -0.39 is 0 Å². The molecule has 0 saturated heterocycles. The molecule has 0 unspecified atom stereocenters. The number of amides is 1. The zero-order valence-corrected chi connectivity index (χ0v) is 12.8. The van der Waals surface area contributed by atoms with E-state index in [2.05, 4.69) is 6.08 Å². The van der Waals surface area contributed by atoms with Gasteiger partial charge in [-0.15, -0.1) is 0 Å². The van der Waals surface area contributed by atoms with Crippen LogP contribution in [0.5, 0.6) is 11.5 Å². The Balaban J connectivity index is 1.95. The highest BCUT2D eigenvalue weighted by Crippen LogP contribution is 2.27. The van der Waals surface area contributed by atoms with Crippen molar-refractivity contribution >= 4 is 5.91 Å². The minimum atomic E-state index is 0.114. The van der Waals surface area contributed by atoms with E-state index in [1.807, 2.05) is 13.1 Å². The zero-order valence-electron chi connectivity index (χ0n) is 12.8. The number of carbonyl (C=O) groups is 1. The van der Waals surface area contributed by atoms with Crippen molar-refractivity contribution in [2.75, 3.05) is 14.2 Å². The lowest BCUT2D eigenvalue weighted by Crippen LogP contribution is -2.26. The van der Waals surface area contributed by atoms with Gasteiger partial charge in [-0.1, -0.05) is 17.7 Å². The summed E-state index contributed by atoms with van der Waals surface area (Å²) in [5.74, 6) is 0.682. The van der Waals surface area contributed by atoms with Crippen LogP contribution in [0.4, 0.5) is 0 Å². The molecule has 2 rings (SSSR count). The molecule has 1 aromatic carbocycles. The Bertz CT molecular complexity index is 537. The van der Waals surface area contributed by atoms with Gasteiger partial charge in [0.1, 0.15) is 0 Å². The smallest absolute Gasteiger partial charge is 0.226 e. The summed E-state index contributed by atoms with van der Waals surface area (Å²) in [5.41, 5.74) is 2.21. The Hall–Kier alpha value is -1.97. The van der Waals surface area contributed by atoms with Crippen molar-refractivity contribution in [3.05, 3.63) is 35.4 Å². The van der Waals surface area contributed by atoms with Gasteiger partial charge >= 0.3 is 0 Å². The number of aromatic hydroxyl groups is 1. The highest BCUT2D eigenvalue weighted by Gasteiger charge is 2.14. The fourth-order valence-electron chi connectivity index (χ4n) is 2.58. The summed E-state index contributed by atoms with van der Waals surface area (Å²) in [6, 6.07) is 5.16. The zero-order chi connectivity index (χ0) is 15.2. The molecule has 0 bridgehead atoms. The number of phenolic OH excluding ortho intramolecular Hbond substituents is 1. The van der Waals surface area contributed by atoms with Crippen LogP contribution in [0.15, 0.2) is 29.8 Å². The number of ether oxygens (including phenoxy) is 1. The number of methoxy groups -OCH3 is 1. The summed E-state index contributed by atoms with van der Waals surface area (Å²) < 4.78 is 5.09. The highest BCUT2D eigenvalue weighted by atomic mass is 16.5. The fourth-order valence-corrected chi connectivity index (χ4v) is 2.58. The van der Waals surface area contributed by atoms with Gasteiger partial charge in [0.2, 0.25) is 5.91 Å². The third kappa shape index (κ3) is 4.25. The number of nitrogens with zero attached hydrogens (tertiary/aromatic N) is 1. The fraction of sp³-hybridized carbons (Fsp3) is 0.471. The van der Waals surface area contributed by atoms with E-state index in [1.165, 1.54) is 25.5 Å². The Kier molecular flexibility index (Phi) is 5.26. The molecule has 0 spiro atoms. The van der Waals surface area contributed by atoms with Crippen molar-refractivity contribution in [3.63, 3.8) is 0 Å². The van der Waals surface area contributed by atoms with Crippen LogP contribution in [0.1, 0.15) is 37.7 Å². The summed E-state index contributed by atoms with van der Waals surface area (Å²) in [4.78, 5) is 14.0. The number of carbonyl (C=O) groups excluding carboxylic acids is 1. The molecule has 0 aliphatic heterocycles. The van der Waals surface area contributed by atoms with Gasteiger partial charge in [0, 0.05) is 20.0 Å². The van der Waals surface area contributed by atoms with Crippen LogP contribution in [0, 0.1) is 0 Å². The lowest BCUT2D eigenvalue weighted by atomic mass is 9.97. The third-order valence-corrected chi connectivity index (χ3v) is 3.85. The molecular weight excluding hydrogens is 266 g/mol. The molecule has 4 heteroatoms. The average molecular weight is 289 g/mol. The van der Waals surface area contributed by atoms with E-state index >= 15 is 0 Å². The predicted molar refractivity (Wildman–Crippen MR) is 82.3 cm³/mol. The summed E-state index contributed by atoms with van der Waals surface area (Å²) in [5, 5.41) is 9.58. The molecule has 1 aliphatic carbocycles. The number of hydrogen-bond acceptors (Lipinski definition) is 3. The molecule has 21 heavy (non-hydrogen) atoms. The van der Waals surface area contributed by atoms with Crippen molar-refractivity contribution in [1.82, 2.24) is 4.90 Å². The molecule has 0 aromatic heterocycles. The van der Waals surface area contributed by atoms with Crippen LogP contribution in [-0.2, 0) is 11.3 Å². The van der Waals surface area contributed by atoms with E-state index in [0.29, 0.717) is 18.7 Å². The molecule has 0 atom stereocenters. The maximum atomic E-state index is 12.2. The number of allylic oxidation sites excluding steroid dienone is 1. The van der Waals surface area contributed by atoms with Crippen molar-refractivity contribution < 1.29 is 14.6 Å². The lowest BCUT2D eigenvalue weighted by molar-refractivity contribution is -0.129. The molecule has 0 radical (unpaired) electrons. The summed E-state index contributed by atoms with van der Waals surface area (Å²) in [7, 11) is 3.33. The normalized spacial score (nSPS) is 14.5. The second-order valence-corrected chi connectivity index (χ2v) is 5.54. The third-order valence-electron chi connectivity index (χ3n) is 3.85. The van der Waals surface area contributed by atoms with E-state index in [-0.39, 0.29) is 11.7 Å². The topological polar surface area (TPSA) is 49.8 Å². The second kappa shape index (κ2) is 7.16. The molecule has 4 nitrogen and oxygen atoms in total. The molecule has 1 aromatic rings. The molecule has 1 aliphatic rings. The molecule has 1 N–H and O–H groups in total. The Labute approximate surface area is 126 Å². The first-order chi connectivity index (χ1) is 10.1. The Morgan fingerprint density at radius 2 is 2.19 bits per heavy atom. The second-order valence-electron chi connectivity index (χ2n) is 5.54. The van der Waals surface area contributed by atoms with E-state index in [1.54, 1.807) is 17.0 Å². The monoisotopic (exact) mass is 289 g/mol. The van der Waals surface area contributed by atoms with Crippen LogP contribution in [0.2, 0.25) is 0 Å². The standard InChI is InChI=1S/C17H23NO3/c1-18(17(20)11-13-6-4-3-5-7-13)12-14-8-9-15(19)16(10-14)21-2/h6,8-10,19H,3-5,7,11-12H2,1-2H3. The van der Waals surface area contributed by atoms with Crippen LogP contribution >= 0.6 is 0 Å². The minimum Gasteiger partial charge on any atom is -0.504 e. The molecule has 0 fully saturated rings. The first-order valence-electron chi connectivity index (χ1n) is 7.38. The first-order valence-corrected chi connectivity index (χ1v) is 7.38. The van der Waals surface area contributed by atoms with Crippen molar-refractivity contribution in [2.45, 2.75) is 38.6 Å². The summed E-state index contributed by atoms with van der Waals surface area (Å²) in [6.07, 6.45) is 7.30. The van der Waals surface area contributed by atoms with Gasteiger partial charge in [-0.2, -0.15) is 0 Å². The predicted octanol–water partition coefficient (Wildman–Crippen LogP) is 3.25. The van der Waals surface area contributed by atoms with Crippen molar-refractivity contribution in [1.29, 1.82) is 0 Å². The minimum absolute atomic E-state index is 0.114. The Morgan fingerprint density at radius 3 is 2.86 bits per heavy atom. The molecule has 0 heterocycles. The quantitative estimate of drug-likeness (QED) is 0.847. The van der Waals surface area contributed by atoms with Crippen LogP contribution in [0.3, 0.4) is 0 Å². The van der Waals surface area contributed by atoms with Gasteiger partial charge in [-0.3, -0.25) is 4.79 Å². The molecule has 114 valence electrons. The van der Waals surface area contributed by atoms with E-state index in [9.17, 15) is 9.90 Å². The highest BCUT2D eigenvalue weighted by molar-refractivity contribution is 5.78. The summed E-state index contributed by atoms with van der Waals surface area (Å²) >= 11 is 0. The van der Waals surface area contributed by atoms with Gasteiger partial charge in [0.05, 0.1) is 7.11 Å². The van der Waals surface area contributed by atoms with Gasteiger partial charge in [-0.05, 0) is 43.4 Å². The maximum Gasteiger partial charge on any atom is 0.226 e. The molecular formula is C17H23NO3. The van der Waals surface area contributed by atoms with E-state index in [4.69, 9.17) is 4.74 Å². The SMILES string of the molecule is COc1cc(CN(C)C(=O)CC2=CCCCC2)ccc1O. The van der Waals surface area contributed by atoms with Crippen molar-refractivity contribution in [3.8, 4) is 11.5 Å². The number of phenols is 1. The van der Waals surface area contributed by atoms with Gasteiger partial charge < -0.3 is 14.7 Å². The number of rotatable bonds is 5. The van der Waals surface area contributed by atoms with Crippen LogP contribution < -0.4 is 4.74 Å². The van der Waals surface area contributed by atoms with Crippen LogP contribution in [0.25, 0.3) is 0 Å². The number of benzene rings is 1. The maximum absolute atomic E-state index is 12.2. The largest absolute Gasteiger partial charge is 0.504 e. The van der Waals surface area contributed by atoms with Crippen molar-refractivity contribution in [2.24, 2.45) is 0 Å². The number of hydrogen-bond donors (Lipinski definition) is 1. The first kappa shape index (κ1) is 15.4. The summed E-state index contributed by atoms with van der Waals surface area (Å²) in [6.45, 7) is 0.517. The lowest BCUT2D eigenvalue weighted by Gasteiger charge is -2.20. The average Bonchev–Trinajstić information content (AvgIpc) is 2.50. The van der Waals surface area contributed by atoms with E-state index in [0.717, 1.165) is 18.4 Å². The van der Waals surface area contributed by atoms with Gasteiger partial charge in [0.15, 0.2) is 11.5 Å².